The van der Waals surface area contributed by atoms with Gasteiger partial charge < -0.3 is 9.64 Å². The Morgan fingerprint density at radius 3 is 2.85 bits per heavy atom. The Hall–Kier alpha value is -1.98. The Kier molecular flexibility index (Phi) is 3.94. The van der Waals surface area contributed by atoms with Crippen LogP contribution in [0.5, 0.6) is 0 Å². The quantitative estimate of drug-likeness (QED) is 0.834. The molecule has 3 aliphatic rings. The first-order valence-corrected chi connectivity index (χ1v) is 9.66. The second-order valence-corrected chi connectivity index (χ2v) is 8.09. The third-order valence-electron chi connectivity index (χ3n) is 5.99. The van der Waals surface area contributed by atoms with Crippen LogP contribution in [0, 0.1) is 5.92 Å². The molecule has 0 spiro atoms. The van der Waals surface area contributed by atoms with Gasteiger partial charge in [0.15, 0.2) is 0 Å². The first-order chi connectivity index (χ1) is 12.7. The fraction of sp³-hybridized carbons (Fsp3) is 0.524. The third kappa shape index (κ3) is 2.89. The molecule has 2 bridgehead atoms. The number of amides is 1. The van der Waals surface area contributed by atoms with Crippen molar-refractivity contribution in [3.8, 4) is 0 Å². The summed E-state index contributed by atoms with van der Waals surface area (Å²) >= 11 is 0. The van der Waals surface area contributed by atoms with Crippen molar-refractivity contribution < 1.29 is 9.53 Å². The SMILES string of the molecule is CN1C[C@H]2COC[C@@H]1CN(C(=O)c1cc(C3CC3)nc3ccccc13)C2. The van der Waals surface area contributed by atoms with E-state index >= 15 is 0 Å². The van der Waals surface area contributed by atoms with Crippen molar-refractivity contribution in [2.45, 2.75) is 24.8 Å². The normalized spacial score (nSPS) is 26.7. The van der Waals surface area contributed by atoms with Gasteiger partial charge in [-0.25, -0.2) is 0 Å². The number of carbonyl (C=O) groups is 1. The number of hydrogen-bond donors (Lipinski definition) is 0. The molecule has 0 N–H and O–H groups in total. The van der Waals surface area contributed by atoms with Gasteiger partial charge >= 0.3 is 0 Å². The molecule has 1 amide bonds. The maximum absolute atomic E-state index is 13.5. The Bertz CT molecular complexity index is 848. The van der Waals surface area contributed by atoms with Crippen molar-refractivity contribution in [1.29, 1.82) is 0 Å². The largest absolute Gasteiger partial charge is 0.379 e. The monoisotopic (exact) mass is 351 g/mol. The van der Waals surface area contributed by atoms with Crippen LogP contribution in [-0.2, 0) is 4.74 Å². The van der Waals surface area contributed by atoms with E-state index in [1.54, 1.807) is 0 Å². The molecule has 3 fully saturated rings. The maximum atomic E-state index is 13.5. The van der Waals surface area contributed by atoms with Crippen LogP contribution in [0.1, 0.15) is 34.8 Å². The Balaban J connectivity index is 1.53. The summed E-state index contributed by atoms with van der Waals surface area (Å²) in [7, 11) is 2.15. The van der Waals surface area contributed by atoms with Crippen LogP contribution in [0.4, 0.5) is 0 Å². The number of ether oxygens (including phenoxy) is 1. The highest BCUT2D eigenvalue weighted by atomic mass is 16.5. The Morgan fingerprint density at radius 2 is 2.00 bits per heavy atom. The van der Waals surface area contributed by atoms with E-state index in [9.17, 15) is 4.79 Å². The Labute approximate surface area is 153 Å². The van der Waals surface area contributed by atoms with Crippen LogP contribution < -0.4 is 0 Å². The standard InChI is InChI=1S/C21H25N3O2/c1-23-9-14-10-24(11-16(23)13-26-12-14)21(25)18-8-20(15-6-7-15)22-19-5-3-2-4-17(18)19/h2-5,8,14-16H,6-7,9-13H2,1H3/t14-,16+/m1/s1. The van der Waals surface area contributed by atoms with Gasteiger partial charge in [0.25, 0.3) is 5.91 Å². The average Bonchev–Trinajstić information content (AvgIpc) is 3.48. The summed E-state index contributed by atoms with van der Waals surface area (Å²) < 4.78 is 5.81. The number of nitrogens with zero attached hydrogens (tertiary/aromatic N) is 3. The van der Waals surface area contributed by atoms with Crippen LogP contribution in [0.25, 0.3) is 10.9 Å². The highest BCUT2D eigenvalue weighted by Crippen LogP contribution is 2.40. The molecule has 136 valence electrons. The molecule has 0 radical (unpaired) electrons. The highest BCUT2D eigenvalue weighted by Gasteiger charge is 2.34. The van der Waals surface area contributed by atoms with Crippen molar-refractivity contribution in [1.82, 2.24) is 14.8 Å². The molecule has 0 unspecified atom stereocenters. The van der Waals surface area contributed by atoms with E-state index in [4.69, 9.17) is 9.72 Å². The van der Waals surface area contributed by atoms with Crippen molar-refractivity contribution in [3.63, 3.8) is 0 Å². The minimum absolute atomic E-state index is 0.151. The van der Waals surface area contributed by atoms with Gasteiger partial charge in [0.2, 0.25) is 0 Å². The predicted octanol–water partition coefficient (Wildman–Crippen LogP) is 2.51. The smallest absolute Gasteiger partial charge is 0.254 e. The van der Waals surface area contributed by atoms with E-state index in [2.05, 4.69) is 22.9 Å². The number of fused-ring (bicyclic) bond motifs is 4. The fourth-order valence-electron chi connectivity index (χ4n) is 4.35. The number of rotatable bonds is 2. The minimum atomic E-state index is 0.151. The van der Waals surface area contributed by atoms with Crippen molar-refractivity contribution in [2.24, 2.45) is 5.92 Å². The molecule has 26 heavy (non-hydrogen) atoms. The van der Waals surface area contributed by atoms with E-state index in [1.807, 2.05) is 24.3 Å². The zero-order chi connectivity index (χ0) is 17.7. The van der Waals surface area contributed by atoms with Gasteiger partial charge in [0.05, 0.1) is 30.3 Å². The second-order valence-electron chi connectivity index (χ2n) is 8.09. The summed E-state index contributed by atoms with van der Waals surface area (Å²) in [6.07, 6.45) is 2.38. The number of para-hydroxylation sites is 1. The molecule has 5 nitrogen and oxygen atoms in total. The van der Waals surface area contributed by atoms with E-state index in [-0.39, 0.29) is 11.9 Å². The van der Waals surface area contributed by atoms with E-state index in [1.165, 1.54) is 12.8 Å². The number of hydrogen-bond acceptors (Lipinski definition) is 4. The summed E-state index contributed by atoms with van der Waals surface area (Å²) in [5, 5.41) is 0.973. The summed E-state index contributed by atoms with van der Waals surface area (Å²) in [6.45, 7) is 3.96. The molecular weight excluding hydrogens is 326 g/mol. The zero-order valence-electron chi connectivity index (χ0n) is 15.2. The zero-order valence-corrected chi connectivity index (χ0v) is 15.2. The molecule has 2 aromatic rings. The lowest BCUT2D eigenvalue weighted by molar-refractivity contribution is 0.0435. The van der Waals surface area contributed by atoms with Crippen LogP contribution >= 0.6 is 0 Å². The van der Waals surface area contributed by atoms with Gasteiger partial charge in [0, 0.05) is 42.6 Å². The van der Waals surface area contributed by atoms with E-state index < -0.39 is 0 Å². The third-order valence-corrected chi connectivity index (χ3v) is 5.99. The van der Waals surface area contributed by atoms with E-state index in [0.29, 0.717) is 18.4 Å². The van der Waals surface area contributed by atoms with Gasteiger partial charge in [-0.1, -0.05) is 18.2 Å². The van der Waals surface area contributed by atoms with Crippen molar-refractivity contribution in [3.05, 3.63) is 41.6 Å². The Morgan fingerprint density at radius 1 is 1.15 bits per heavy atom. The number of aromatic nitrogens is 1. The second kappa shape index (κ2) is 6.32. The van der Waals surface area contributed by atoms with Crippen molar-refractivity contribution >= 4 is 16.8 Å². The number of carbonyl (C=O) groups excluding carboxylic acids is 1. The number of pyridine rings is 1. The summed E-state index contributed by atoms with van der Waals surface area (Å²) in [5.74, 6) is 1.07. The lowest BCUT2D eigenvalue weighted by Gasteiger charge is -2.30. The van der Waals surface area contributed by atoms with Crippen LogP contribution in [0.15, 0.2) is 30.3 Å². The van der Waals surface area contributed by atoms with Crippen LogP contribution in [0.3, 0.4) is 0 Å². The molecule has 2 saturated heterocycles. The summed E-state index contributed by atoms with van der Waals surface area (Å²) in [5.41, 5.74) is 2.85. The maximum Gasteiger partial charge on any atom is 0.254 e. The summed E-state index contributed by atoms with van der Waals surface area (Å²) in [4.78, 5) is 22.8. The number of likely N-dealkylation sites (N-methyl/N-ethyl adjacent to an activating group) is 1. The molecule has 1 aromatic carbocycles. The molecule has 1 aliphatic carbocycles. The molecule has 3 heterocycles. The minimum Gasteiger partial charge on any atom is -0.379 e. The van der Waals surface area contributed by atoms with Gasteiger partial charge in [-0.3, -0.25) is 14.7 Å². The van der Waals surface area contributed by atoms with Crippen LogP contribution in [0.2, 0.25) is 0 Å². The highest BCUT2D eigenvalue weighted by molar-refractivity contribution is 6.06. The van der Waals surface area contributed by atoms with Crippen LogP contribution in [-0.4, -0.2) is 66.6 Å². The first kappa shape index (κ1) is 16.2. The molecule has 5 rings (SSSR count). The summed E-state index contributed by atoms with van der Waals surface area (Å²) in [6, 6.07) is 10.4. The van der Waals surface area contributed by atoms with Crippen molar-refractivity contribution in [2.75, 3.05) is 39.9 Å². The predicted molar refractivity (Wildman–Crippen MR) is 100 cm³/mol. The lowest BCUT2D eigenvalue weighted by Crippen LogP contribution is -2.44. The molecule has 5 heteroatoms. The molecule has 1 saturated carbocycles. The molecule has 2 aliphatic heterocycles. The average molecular weight is 351 g/mol. The van der Waals surface area contributed by atoms with Gasteiger partial charge in [-0.15, -0.1) is 0 Å². The van der Waals surface area contributed by atoms with Gasteiger partial charge in [-0.2, -0.15) is 0 Å². The van der Waals surface area contributed by atoms with Gasteiger partial charge in [0.1, 0.15) is 0 Å². The fourth-order valence-corrected chi connectivity index (χ4v) is 4.35. The first-order valence-electron chi connectivity index (χ1n) is 9.66. The van der Waals surface area contributed by atoms with Gasteiger partial charge in [-0.05, 0) is 32.0 Å². The van der Waals surface area contributed by atoms with E-state index in [0.717, 1.165) is 48.4 Å². The molecular formula is C21H25N3O2. The number of benzene rings is 1. The topological polar surface area (TPSA) is 45.7 Å². The molecule has 2 atom stereocenters. The molecule has 1 aromatic heterocycles. The lowest BCUT2D eigenvalue weighted by atomic mass is 10.0.